The summed E-state index contributed by atoms with van der Waals surface area (Å²) in [5.41, 5.74) is 0.435. The lowest BCUT2D eigenvalue weighted by Gasteiger charge is -2.37. The molecule has 5 nitrogen and oxygen atoms in total. The van der Waals surface area contributed by atoms with Crippen molar-refractivity contribution in [2.45, 2.75) is 18.9 Å². The van der Waals surface area contributed by atoms with Crippen molar-refractivity contribution in [1.82, 2.24) is 14.9 Å². The van der Waals surface area contributed by atoms with E-state index in [-0.39, 0.29) is 17.8 Å². The molecule has 2 fully saturated rings. The van der Waals surface area contributed by atoms with E-state index in [2.05, 4.69) is 14.9 Å². The second-order valence-electron chi connectivity index (χ2n) is 6.41. The van der Waals surface area contributed by atoms with E-state index in [1.807, 2.05) is 11.0 Å². The predicted molar refractivity (Wildman–Crippen MR) is 88.2 cm³/mol. The van der Waals surface area contributed by atoms with Gasteiger partial charge in [0.25, 0.3) is 5.91 Å². The van der Waals surface area contributed by atoms with Gasteiger partial charge in [0.15, 0.2) is 0 Å². The van der Waals surface area contributed by atoms with E-state index in [0.29, 0.717) is 11.5 Å². The third-order valence-electron chi connectivity index (χ3n) is 5.00. The molecule has 2 saturated heterocycles. The van der Waals surface area contributed by atoms with E-state index in [1.165, 1.54) is 12.1 Å². The van der Waals surface area contributed by atoms with Gasteiger partial charge in [0, 0.05) is 43.6 Å². The molecular weight excluding hydrogens is 307 g/mol. The Morgan fingerprint density at radius 1 is 1.12 bits per heavy atom. The number of amides is 1. The van der Waals surface area contributed by atoms with Gasteiger partial charge < -0.3 is 9.80 Å². The molecule has 1 aromatic heterocycles. The molecule has 0 unspecified atom stereocenters. The number of carbonyl (C=O) groups is 1. The molecule has 1 amide bonds. The third-order valence-corrected chi connectivity index (χ3v) is 5.00. The number of hydrogen-bond acceptors (Lipinski definition) is 4. The number of benzene rings is 1. The Bertz CT molecular complexity index is 739. The highest BCUT2D eigenvalue weighted by molar-refractivity contribution is 5.94. The van der Waals surface area contributed by atoms with Crippen molar-refractivity contribution in [3.05, 3.63) is 54.1 Å². The molecule has 0 N–H and O–H groups in total. The van der Waals surface area contributed by atoms with Crippen LogP contribution in [0.1, 0.15) is 23.2 Å². The lowest BCUT2D eigenvalue weighted by molar-refractivity contribution is 0.0703. The van der Waals surface area contributed by atoms with Crippen molar-refractivity contribution in [1.29, 1.82) is 0 Å². The fourth-order valence-electron chi connectivity index (χ4n) is 3.86. The summed E-state index contributed by atoms with van der Waals surface area (Å²) >= 11 is 0. The summed E-state index contributed by atoms with van der Waals surface area (Å²) in [6.45, 7) is 2.42. The zero-order valence-electron chi connectivity index (χ0n) is 13.3. The van der Waals surface area contributed by atoms with E-state index < -0.39 is 0 Å². The van der Waals surface area contributed by atoms with Crippen LogP contribution in [-0.4, -0.2) is 46.5 Å². The quantitative estimate of drug-likeness (QED) is 0.850. The van der Waals surface area contributed by atoms with Gasteiger partial charge in [-0.25, -0.2) is 14.4 Å². The molecule has 4 rings (SSSR count). The van der Waals surface area contributed by atoms with E-state index in [4.69, 9.17) is 0 Å². The number of anilines is 1. The lowest BCUT2D eigenvalue weighted by atomic mass is 9.93. The van der Waals surface area contributed by atoms with Crippen LogP contribution in [0.25, 0.3) is 0 Å². The molecule has 0 bridgehead atoms. The van der Waals surface area contributed by atoms with Crippen molar-refractivity contribution < 1.29 is 9.18 Å². The molecule has 24 heavy (non-hydrogen) atoms. The van der Waals surface area contributed by atoms with Crippen LogP contribution in [0.4, 0.5) is 10.3 Å². The van der Waals surface area contributed by atoms with E-state index in [9.17, 15) is 9.18 Å². The average molecular weight is 326 g/mol. The summed E-state index contributed by atoms with van der Waals surface area (Å²) in [4.78, 5) is 25.5. The van der Waals surface area contributed by atoms with Crippen LogP contribution in [0, 0.1) is 11.7 Å². The first-order chi connectivity index (χ1) is 11.7. The maximum Gasteiger partial charge on any atom is 0.254 e. The minimum Gasteiger partial charge on any atom is -0.340 e. The van der Waals surface area contributed by atoms with Gasteiger partial charge in [-0.3, -0.25) is 4.79 Å². The molecule has 3 heterocycles. The highest BCUT2D eigenvalue weighted by Crippen LogP contribution is 2.33. The largest absolute Gasteiger partial charge is 0.340 e. The van der Waals surface area contributed by atoms with E-state index in [1.54, 1.807) is 24.5 Å². The normalized spacial score (nSPS) is 23.2. The van der Waals surface area contributed by atoms with Gasteiger partial charge >= 0.3 is 0 Å². The maximum absolute atomic E-state index is 13.4. The van der Waals surface area contributed by atoms with Gasteiger partial charge in [0.2, 0.25) is 5.95 Å². The smallest absolute Gasteiger partial charge is 0.254 e. The Morgan fingerprint density at radius 3 is 2.75 bits per heavy atom. The SMILES string of the molecule is O=C(c1cccc(F)c1)N1CC[C@H]2CN(c3ncccn3)CC[C@H]21. The Hall–Kier alpha value is -2.50. The Kier molecular flexibility index (Phi) is 3.88. The molecule has 2 aromatic rings. The van der Waals surface area contributed by atoms with Crippen LogP contribution in [0.15, 0.2) is 42.7 Å². The molecule has 0 spiro atoms. The first kappa shape index (κ1) is 15.1. The third kappa shape index (κ3) is 2.72. The number of aromatic nitrogens is 2. The summed E-state index contributed by atoms with van der Waals surface area (Å²) in [6, 6.07) is 7.99. The van der Waals surface area contributed by atoms with Gasteiger partial charge in [-0.05, 0) is 43.0 Å². The molecule has 2 aliphatic rings. The van der Waals surface area contributed by atoms with Crippen LogP contribution >= 0.6 is 0 Å². The fraction of sp³-hybridized carbons (Fsp3) is 0.389. The summed E-state index contributed by atoms with van der Waals surface area (Å²) in [6.07, 6.45) is 5.37. The number of rotatable bonds is 2. The number of fused-ring (bicyclic) bond motifs is 1. The summed E-state index contributed by atoms with van der Waals surface area (Å²) in [5.74, 6) is 0.741. The zero-order chi connectivity index (χ0) is 16.5. The molecule has 2 atom stereocenters. The number of carbonyl (C=O) groups excluding carboxylic acids is 1. The molecule has 2 aliphatic heterocycles. The number of nitrogens with zero attached hydrogens (tertiary/aromatic N) is 4. The summed E-state index contributed by atoms with van der Waals surface area (Å²) in [7, 11) is 0. The standard InChI is InChI=1S/C18H19FN4O/c19-15-4-1-3-13(11-15)17(24)23-10-5-14-12-22(9-6-16(14)23)18-20-7-2-8-21-18/h1-4,7-8,11,14,16H,5-6,9-10,12H2/t14-,16+/m0/s1. The zero-order valence-corrected chi connectivity index (χ0v) is 13.3. The first-order valence-electron chi connectivity index (χ1n) is 8.31. The maximum atomic E-state index is 13.4. The Morgan fingerprint density at radius 2 is 1.96 bits per heavy atom. The minimum atomic E-state index is -0.368. The Balaban J connectivity index is 1.48. The van der Waals surface area contributed by atoms with Crippen molar-refractivity contribution in [3.8, 4) is 0 Å². The summed E-state index contributed by atoms with van der Waals surface area (Å²) in [5, 5.41) is 0. The molecule has 0 aliphatic carbocycles. The van der Waals surface area contributed by atoms with Crippen molar-refractivity contribution in [3.63, 3.8) is 0 Å². The molecule has 0 saturated carbocycles. The van der Waals surface area contributed by atoms with Crippen LogP contribution in [0.2, 0.25) is 0 Å². The average Bonchev–Trinajstić information content (AvgIpc) is 3.05. The predicted octanol–water partition coefficient (Wildman–Crippen LogP) is 2.36. The topological polar surface area (TPSA) is 49.3 Å². The molecule has 1 aromatic carbocycles. The van der Waals surface area contributed by atoms with Crippen LogP contribution in [0.5, 0.6) is 0 Å². The number of halogens is 1. The van der Waals surface area contributed by atoms with Crippen LogP contribution in [0.3, 0.4) is 0 Å². The van der Waals surface area contributed by atoms with Gasteiger partial charge in [-0.2, -0.15) is 0 Å². The second kappa shape index (κ2) is 6.19. The fourth-order valence-corrected chi connectivity index (χ4v) is 3.86. The van der Waals surface area contributed by atoms with Gasteiger partial charge in [-0.1, -0.05) is 6.07 Å². The van der Waals surface area contributed by atoms with Crippen LogP contribution < -0.4 is 4.90 Å². The van der Waals surface area contributed by atoms with Crippen molar-refractivity contribution >= 4 is 11.9 Å². The van der Waals surface area contributed by atoms with Gasteiger partial charge in [0.1, 0.15) is 5.82 Å². The monoisotopic (exact) mass is 326 g/mol. The van der Waals surface area contributed by atoms with Crippen molar-refractivity contribution in [2.75, 3.05) is 24.5 Å². The van der Waals surface area contributed by atoms with Crippen molar-refractivity contribution in [2.24, 2.45) is 5.92 Å². The Labute approximate surface area is 140 Å². The number of hydrogen-bond donors (Lipinski definition) is 0. The number of piperidine rings is 1. The second-order valence-corrected chi connectivity index (χ2v) is 6.41. The van der Waals surface area contributed by atoms with Crippen LogP contribution in [-0.2, 0) is 0 Å². The number of likely N-dealkylation sites (tertiary alicyclic amines) is 1. The highest BCUT2D eigenvalue weighted by atomic mass is 19.1. The van der Waals surface area contributed by atoms with Gasteiger partial charge in [-0.15, -0.1) is 0 Å². The summed E-state index contributed by atoms with van der Waals surface area (Å²) < 4.78 is 13.4. The molecule has 0 radical (unpaired) electrons. The molecular formula is C18H19FN4O. The lowest BCUT2D eigenvalue weighted by Crippen LogP contribution is -2.48. The highest BCUT2D eigenvalue weighted by Gasteiger charge is 2.41. The minimum absolute atomic E-state index is 0.0635. The first-order valence-corrected chi connectivity index (χ1v) is 8.31. The van der Waals surface area contributed by atoms with Gasteiger partial charge in [0.05, 0.1) is 0 Å². The van der Waals surface area contributed by atoms with E-state index >= 15 is 0 Å². The van der Waals surface area contributed by atoms with E-state index in [0.717, 1.165) is 38.4 Å². The molecule has 124 valence electrons. The molecule has 6 heteroatoms.